The van der Waals surface area contributed by atoms with Crippen LogP contribution in [0.25, 0.3) is 11.4 Å². The van der Waals surface area contributed by atoms with E-state index in [0.29, 0.717) is 16.8 Å². The van der Waals surface area contributed by atoms with Crippen LogP contribution in [0.5, 0.6) is 5.75 Å². The van der Waals surface area contributed by atoms with Crippen molar-refractivity contribution in [1.82, 2.24) is 19.7 Å². The molecule has 140 valence electrons. The fourth-order valence-corrected chi connectivity index (χ4v) is 3.30. The predicted molar refractivity (Wildman–Crippen MR) is 106 cm³/mol. The van der Waals surface area contributed by atoms with Crippen LogP contribution in [0.4, 0.5) is 5.69 Å². The van der Waals surface area contributed by atoms with E-state index in [1.54, 1.807) is 30.6 Å². The van der Waals surface area contributed by atoms with Gasteiger partial charge in [-0.25, -0.2) is 0 Å². The van der Waals surface area contributed by atoms with Crippen molar-refractivity contribution in [3.8, 4) is 17.1 Å². The SMILES string of the molecule is CC(C)Cn1c(SCC(=O)Nc2cccc(O)c2)nnc1-c1ccncc1. The third-order valence-electron chi connectivity index (χ3n) is 3.67. The first-order valence-electron chi connectivity index (χ1n) is 8.58. The van der Waals surface area contributed by atoms with E-state index in [1.807, 2.05) is 16.7 Å². The molecule has 2 heterocycles. The summed E-state index contributed by atoms with van der Waals surface area (Å²) in [6, 6.07) is 10.3. The molecule has 0 spiro atoms. The van der Waals surface area contributed by atoms with Gasteiger partial charge in [-0.15, -0.1) is 10.2 Å². The quantitative estimate of drug-likeness (QED) is 0.607. The van der Waals surface area contributed by atoms with Gasteiger partial charge in [0.05, 0.1) is 5.75 Å². The molecule has 3 aromatic rings. The van der Waals surface area contributed by atoms with Crippen molar-refractivity contribution < 1.29 is 9.90 Å². The van der Waals surface area contributed by atoms with Gasteiger partial charge in [0.2, 0.25) is 5.91 Å². The van der Waals surface area contributed by atoms with E-state index in [2.05, 4.69) is 34.3 Å². The van der Waals surface area contributed by atoms with E-state index >= 15 is 0 Å². The number of pyridine rings is 1. The van der Waals surface area contributed by atoms with Crippen LogP contribution in [0.15, 0.2) is 53.9 Å². The highest BCUT2D eigenvalue weighted by atomic mass is 32.2. The fraction of sp³-hybridized carbons (Fsp3) is 0.263. The lowest BCUT2D eigenvalue weighted by atomic mass is 10.2. The van der Waals surface area contributed by atoms with Crippen LogP contribution in [0.3, 0.4) is 0 Å². The van der Waals surface area contributed by atoms with Crippen molar-refractivity contribution in [1.29, 1.82) is 0 Å². The number of carbonyl (C=O) groups is 1. The average molecular weight is 383 g/mol. The largest absolute Gasteiger partial charge is 0.508 e. The zero-order chi connectivity index (χ0) is 19.2. The number of hydrogen-bond acceptors (Lipinski definition) is 6. The second-order valence-corrected chi connectivity index (χ2v) is 7.38. The number of nitrogens with one attached hydrogen (secondary N) is 1. The summed E-state index contributed by atoms with van der Waals surface area (Å²) in [5.41, 5.74) is 1.50. The van der Waals surface area contributed by atoms with Crippen molar-refractivity contribution in [3.05, 3.63) is 48.8 Å². The van der Waals surface area contributed by atoms with Crippen molar-refractivity contribution in [2.45, 2.75) is 25.5 Å². The van der Waals surface area contributed by atoms with E-state index in [9.17, 15) is 9.90 Å². The molecular weight excluding hydrogens is 362 g/mol. The summed E-state index contributed by atoms with van der Waals surface area (Å²) < 4.78 is 2.03. The summed E-state index contributed by atoms with van der Waals surface area (Å²) in [5, 5.41) is 21.5. The standard InChI is InChI=1S/C19H21N5O2S/c1-13(2)11-24-18(14-6-8-20-9-7-14)22-23-19(24)27-12-17(26)21-15-4-3-5-16(25)10-15/h3-10,13,25H,11-12H2,1-2H3,(H,21,26). The Morgan fingerprint density at radius 1 is 1.22 bits per heavy atom. The lowest BCUT2D eigenvalue weighted by Gasteiger charge is -2.12. The molecule has 0 saturated carbocycles. The molecule has 0 radical (unpaired) electrons. The first kappa shape index (κ1) is 18.9. The highest BCUT2D eigenvalue weighted by molar-refractivity contribution is 7.99. The molecule has 0 aliphatic heterocycles. The maximum Gasteiger partial charge on any atom is 0.234 e. The van der Waals surface area contributed by atoms with Crippen molar-refractivity contribution in [2.24, 2.45) is 5.92 Å². The summed E-state index contributed by atoms with van der Waals surface area (Å²) in [4.78, 5) is 16.3. The van der Waals surface area contributed by atoms with Crippen LogP contribution in [-0.4, -0.2) is 36.5 Å². The molecule has 8 heteroatoms. The molecule has 1 amide bonds. The molecule has 0 unspecified atom stereocenters. The number of aromatic hydroxyl groups is 1. The summed E-state index contributed by atoms with van der Waals surface area (Å²) >= 11 is 1.34. The summed E-state index contributed by atoms with van der Waals surface area (Å²) in [7, 11) is 0. The number of nitrogens with zero attached hydrogens (tertiary/aromatic N) is 4. The molecule has 7 nitrogen and oxygen atoms in total. The number of carbonyl (C=O) groups excluding carboxylic acids is 1. The minimum absolute atomic E-state index is 0.110. The molecule has 1 aromatic carbocycles. The summed E-state index contributed by atoms with van der Waals surface area (Å²) in [6.45, 7) is 5.00. The van der Waals surface area contributed by atoms with E-state index in [-0.39, 0.29) is 17.4 Å². The molecule has 0 atom stereocenters. The summed E-state index contributed by atoms with van der Waals surface area (Å²) in [6.07, 6.45) is 3.44. The Morgan fingerprint density at radius 3 is 2.70 bits per heavy atom. The highest BCUT2D eigenvalue weighted by Gasteiger charge is 2.16. The molecule has 3 rings (SSSR count). The number of thioether (sulfide) groups is 1. The Morgan fingerprint density at radius 2 is 2.00 bits per heavy atom. The predicted octanol–water partition coefficient (Wildman–Crippen LogP) is 3.43. The van der Waals surface area contributed by atoms with E-state index < -0.39 is 0 Å². The van der Waals surface area contributed by atoms with Crippen LogP contribution in [0, 0.1) is 5.92 Å². The minimum Gasteiger partial charge on any atom is -0.508 e. The van der Waals surface area contributed by atoms with E-state index in [4.69, 9.17) is 0 Å². The Labute approximate surface area is 161 Å². The monoisotopic (exact) mass is 383 g/mol. The van der Waals surface area contributed by atoms with Gasteiger partial charge in [-0.1, -0.05) is 31.7 Å². The van der Waals surface area contributed by atoms with Gasteiger partial charge >= 0.3 is 0 Å². The highest BCUT2D eigenvalue weighted by Crippen LogP contribution is 2.25. The lowest BCUT2D eigenvalue weighted by Crippen LogP contribution is -2.15. The third kappa shape index (κ3) is 5.07. The van der Waals surface area contributed by atoms with Crippen LogP contribution in [-0.2, 0) is 11.3 Å². The van der Waals surface area contributed by atoms with Gasteiger partial charge in [0.15, 0.2) is 11.0 Å². The zero-order valence-electron chi connectivity index (χ0n) is 15.2. The Hall–Kier alpha value is -2.87. The number of phenolic OH excluding ortho intramolecular Hbond substituents is 1. The Balaban J connectivity index is 1.72. The molecular formula is C19H21N5O2S. The van der Waals surface area contributed by atoms with E-state index in [0.717, 1.165) is 17.9 Å². The Kier molecular flexibility index (Phi) is 6.08. The minimum atomic E-state index is -0.171. The Bertz CT molecular complexity index is 911. The number of rotatable bonds is 7. The average Bonchev–Trinajstić information content (AvgIpc) is 3.02. The van der Waals surface area contributed by atoms with Crippen molar-refractivity contribution >= 4 is 23.4 Å². The van der Waals surface area contributed by atoms with Crippen molar-refractivity contribution in [3.63, 3.8) is 0 Å². The van der Waals surface area contributed by atoms with Crippen LogP contribution < -0.4 is 5.32 Å². The topological polar surface area (TPSA) is 92.9 Å². The van der Waals surface area contributed by atoms with Crippen LogP contribution in [0.1, 0.15) is 13.8 Å². The number of aromatic nitrogens is 4. The van der Waals surface area contributed by atoms with Crippen LogP contribution >= 0.6 is 11.8 Å². The second-order valence-electron chi connectivity index (χ2n) is 6.43. The first-order valence-corrected chi connectivity index (χ1v) is 9.57. The number of hydrogen-bond donors (Lipinski definition) is 2. The molecule has 0 saturated heterocycles. The fourth-order valence-electron chi connectivity index (χ4n) is 2.55. The molecule has 27 heavy (non-hydrogen) atoms. The normalized spacial score (nSPS) is 10.9. The maximum atomic E-state index is 12.2. The van der Waals surface area contributed by atoms with Crippen molar-refractivity contribution in [2.75, 3.05) is 11.1 Å². The number of amides is 1. The van der Waals surface area contributed by atoms with Gasteiger partial charge in [0.25, 0.3) is 0 Å². The number of benzene rings is 1. The molecule has 0 aliphatic carbocycles. The molecule has 0 bridgehead atoms. The number of anilines is 1. The number of phenols is 1. The smallest absolute Gasteiger partial charge is 0.234 e. The van der Waals surface area contributed by atoms with Gasteiger partial charge < -0.3 is 15.0 Å². The van der Waals surface area contributed by atoms with E-state index in [1.165, 1.54) is 17.8 Å². The van der Waals surface area contributed by atoms with Gasteiger partial charge in [-0.3, -0.25) is 9.78 Å². The van der Waals surface area contributed by atoms with Gasteiger partial charge in [-0.05, 0) is 30.2 Å². The lowest BCUT2D eigenvalue weighted by molar-refractivity contribution is -0.113. The van der Waals surface area contributed by atoms with Gasteiger partial charge in [-0.2, -0.15) is 0 Å². The maximum absolute atomic E-state index is 12.2. The van der Waals surface area contributed by atoms with Crippen LogP contribution in [0.2, 0.25) is 0 Å². The van der Waals surface area contributed by atoms with Gasteiger partial charge in [0, 0.05) is 36.3 Å². The molecule has 2 N–H and O–H groups in total. The summed E-state index contributed by atoms with van der Waals surface area (Å²) in [5.74, 6) is 1.31. The zero-order valence-corrected chi connectivity index (χ0v) is 16.0. The van der Waals surface area contributed by atoms with Gasteiger partial charge in [0.1, 0.15) is 5.75 Å². The molecule has 0 fully saturated rings. The third-order valence-corrected chi connectivity index (χ3v) is 4.63. The first-order chi connectivity index (χ1) is 13.0. The molecule has 2 aromatic heterocycles. The second kappa shape index (κ2) is 8.68. The molecule has 0 aliphatic rings.